The fourth-order valence-electron chi connectivity index (χ4n) is 1.54. The summed E-state index contributed by atoms with van der Waals surface area (Å²) >= 11 is 0. The van der Waals surface area contributed by atoms with E-state index in [0.717, 1.165) is 30.4 Å². The molecule has 0 spiro atoms. The van der Waals surface area contributed by atoms with E-state index in [1.165, 1.54) is 0 Å². The van der Waals surface area contributed by atoms with Crippen molar-refractivity contribution in [1.29, 1.82) is 0 Å². The van der Waals surface area contributed by atoms with Gasteiger partial charge in [0.25, 0.3) is 0 Å². The van der Waals surface area contributed by atoms with E-state index < -0.39 is 0 Å². The number of nitrogens with one attached hydrogen (secondary N) is 2. The molecule has 0 saturated heterocycles. The van der Waals surface area contributed by atoms with E-state index in [1.54, 1.807) is 0 Å². The van der Waals surface area contributed by atoms with Gasteiger partial charge in [-0.25, -0.2) is 9.97 Å². The van der Waals surface area contributed by atoms with Crippen molar-refractivity contribution in [3.05, 3.63) is 11.9 Å². The van der Waals surface area contributed by atoms with Crippen LogP contribution in [-0.4, -0.2) is 28.1 Å². The Bertz CT molecular complexity index is 381. The molecular weight excluding hydrogens is 226 g/mol. The first-order valence-electron chi connectivity index (χ1n) is 6.41. The largest absolute Gasteiger partial charge is 0.370 e. The molecule has 0 aliphatic carbocycles. The standard InChI is InChI=1S/C13H25N5/c1-9(2)16-12-8-11(17-10(3)18-12)15-7-6-13(4,5)14/h8-9H,6-7,14H2,1-5H3,(H2,15,16,17,18). The van der Waals surface area contributed by atoms with E-state index in [2.05, 4.69) is 34.4 Å². The molecule has 5 heteroatoms. The van der Waals surface area contributed by atoms with E-state index in [4.69, 9.17) is 5.73 Å². The van der Waals surface area contributed by atoms with Crippen molar-refractivity contribution in [3.8, 4) is 0 Å². The van der Waals surface area contributed by atoms with Gasteiger partial charge < -0.3 is 16.4 Å². The van der Waals surface area contributed by atoms with Gasteiger partial charge in [-0.05, 0) is 41.0 Å². The second kappa shape index (κ2) is 6.00. The summed E-state index contributed by atoms with van der Waals surface area (Å²) in [6.07, 6.45) is 0.892. The number of rotatable bonds is 6. The lowest BCUT2D eigenvalue weighted by Gasteiger charge is -2.19. The quantitative estimate of drug-likeness (QED) is 0.722. The summed E-state index contributed by atoms with van der Waals surface area (Å²) in [4.78, 5) is 8.70. The second-order valence-electron chi connectivity index (χ2n) is 5.65. The van der Waals surface area contributed by atoms with Crippen molar-refractivity contribution in [2.75, 3.05) is 17.2 Å². The van der Waals surface area contributed by atoms with Crippen LogP contribution in [0.5, 0.6) is 0 Å². The van der Waals surface area contributed by atoms with E-state index in [-0.39, 0.29) is 5.54 Å². The highest BCUT2D eigenvalue weighted by atomic mass is 15.1. The number of nitrogens with zero attached hydrogens (tertiary/aromatic N) is 2. The topological polar surface area (TPSA) is 75.9 Å². The van der Waals surface area contributed by atoms with Crippen molar-refractivity contribution in [3.63, 3.8) is 0 Å². The van der Waals surface area contributed by atoms with Gasteiger partial charge in [-0.15, -0.1) is 0 Å². The third-order valence-corrected chi connectivity index (χ3v) is 2.35. The average molecular weight is 251 g/mol. The summed E-state index contributed by atoms with van der Waals surface area (Å²) in [5.41, 5.74) is 5.78. The molecule has 0 bridgehead atoms. The second-order valence-corrected chi connectivity index (χ2v) is 5.65. The number of aryl methyl sites for hydroxylation is 1. The van der Waals surface area contributed by atoms with Gasteiger partial charge in [0.2, 0.25) is 0 Å². The molecule has 0 radical (unpaired) electrons. The Labute approximate surface area is 110 Å². The van der Waals surface area contributed by atoms with Crippen molar-refractivity contribution in [1.82, 2.24) is 9.97 Å². The molecule has 1 rings (SSSR count). The van der Waals surface area contributed by atoms with Gasteiger partial charge in [0.05, 0.1) is 0 Å². The number of hydrogen-bond donors (Lipinski definition) is 3. The van der Waals surface area contributed by atoms with Crippen molar-refractivity contribution in [2.24, 2.45) is 5.73 Å². The minimum absolute atomic E-state index is 0.159. The summed E-state index contributed by atoms with van der Waals surface area (Å²) < 4.78 is 0. The van der Waals surface area contributed by atoms with Gasteiger partial charge in [-0.1, -0.05) is 0 Å². The maximum Gasteiger partial charge on any atom is 0.131 e. The molecular formula is C13H25N5. The SMILES string of the molecule is Cc1nc(NCCC(C)(C)N)cc(NC(C)C)n1. The van der Waals surface area contributed by atoms with Crippen LogP contribution >= 0.6 is 0 Å². The molecule has 0 fully saturated rings. The Morgan fingerprint density at radius 2 is 1.89 bits per heavy atom. The molecule has 1 aromatic rings. The van der Waals surface area contributed by atoms with Crippen molar-refractivity contribution < 1.29 is 0 Å². The Morgan fingerprint density at radius 1 is 1.28 bits per heavy atom. The Kier molecular flexibility index (Phi) is 4.90. The maximum atomic E-state index is 5.94. The highest BCUT2D eigenvalue weighted by Gasteiger charge is 2.10. The van der Waals surface area contributed by atoms with E-state index >= 15 is 0 Å². The Hall–Kier alpha value is -1.36. The lowest BCUT2D eigenvalue weighted by atomic mass is 10.0. The highest BCUT2D eigenvalue weighted by Crippen LogP contribution is 2.13. The third-order valence-electron chi connectivity index (χ3n) is 2.35. The molecule has 0 aromatic carbocycles. The molecule has 0 aliphatic heterocycles. The number of anilines is 2. The molecule has 5 nitrogen and oxygen atoms in total. The molecule has 18 heavy (non-hydrogen) atoms. The van der Waals surface area contributed by atoms with Gasteiger partial charge >= 0.3 is 0 Å². The molecule has 0 aliphatic rings. The average Bonchev–Trinajstić information content (AvgIpc) is 2.12. The van der Waals surface area contributed by atoms with Crippen LogP contribution < -0.4 is 16.4 Å². The molecule has 0 atom stereocenters. The van der Waals surface area contributed by atoms with Gasteiger partial charge in [-0.3, -0.25) is 0 Å². The lowest BCUT2D eigenvalue weighted by molar-refractivity contribution is 0.490. The zero-order valence-corrected chi connectivity index (χ0v) is 12.0. The van der Waals surface area contributed by atoms with Crippen LogP contribution in [0.3, 0.4) is 0 Å². The minimum atomic E-state index is -0.159. The van der Waals surface area contributed by atoms with Crippen LogP contribution in [0.2, 0.25) is 0 Å². The normalized spacial score (nSPS) is 11.7. The Morgan fingerprint density at radius 3 is 2.44 bits per heavy atom. The van der Waals surface area contributed by atoms with Crippen LogP contribution in [0.15, 0.2) is 6.07 Å². The van der Waals surface area contributed by atoms with Gasteiger partial charge in [0.15, 0.2) is 0 Å². The fourth-order valence-corrected chi connectivity index (χ4v) is 1.54. The number of hydrogen-bond acceptors (Lipinski definition) is 5. The van der Waals surface area contributed by atoms with Crippen LogP contribution in [-0.2, 0) is 0 Å². The van der Waals surface area contributed by atoms with Crippen LogP contribution in [0.1, 0.15) is 39.9 Å². The molecule has 102 valence electrons. The lowest BCUT2D eigenvalue weighted by Crippen LogP contribution is -2.34. The first-order chi connectivity index (χ1) is 8.26. The monoisotopic (exact) mass is 251 g/mol. The van der Waals surface area contributed by atoms with Crippen LogP contribution in [0.4, 0.5) is 11.6 Å². The predicted octanol–water partition coefficient (Wildman–Crippen LogP) is 2.14. The number of aromatic nitrogens is 2. The number of nitrogens with two attached hydrogens (primary N) is 1. The van der Waals surface area contributed by atoms with Gasteiger partial charge in [0.1, 0.15) is 17.5 Å². The Balaban J connectivity index is 2.62. The minimum Gasteiger partial charge on any atom is -0.370 e. The molecule has 1 heterocycles. The first kappa shape index (κ1) is 14.7. The smallest absolute Gasteiger partial charge is 0.131 e. The molecule has 0 unspecified atom stereocenters. The van der Waals surface area contributed by atoms with Gasteiger partial charge in [-0.2, -0.15) is 0 Å². The predicted molar refractivity (Wildman–Crippen MR) is 76.9 cm³/mol. The van der Waals surface area contributed by atoms with Crippen LogP contribution in [0.25, 0.3) is 0 Å². The molecule has 4 N–H and O–H groups in total. The zero-order chi connectivity index (χ0) is 13.8. The van der Waals surface area contributed by atoms with E-state index in [1.807, 2.05) is 26.8 Å². The summed E-state index contributed by atoms with van der Waals surface area (Å²) in [5.74, 6) is 2.46. The zero-order valence-electron chi connectivity index (χ0n) is 12.0. The molecule has 1 aromatic heterocycles. The van der Waals surface area contributed by atoms with E-state index in [9.17, 15) is 0 Å². The molecule has 0 amide bonds. The maximum absolute atomic E-state index is 5.94. The van der Waals surface area contributed by atoms with E-state index in [0.29, 0.717) is 6.04 Å². The van der Waals surface area contributed by atoms with Gasteiger partial charge in [0, 0.05) is 24.2 Å². The van der Waals surface area contributed by atoms with Crippen molar-refractivity contribution in [2.45, 2.75) is 52.6 Å². The highest BCUT2D eigenvalue weighted by molar-refractivity contribution is 5.47. The molecule has 0 saturated carbocycles. The van der Waals surface area contributed by atoms with Crippen LogP contribution in [0, 0.1) is 6.92 Å². The fraction of sp³-hybridized carbons (Fsp3) is 0.692. The van der Waals surface area contributed by atoms with Crippen molar-refractivity contribution >= 4 is 11.6 Å². The first-order valence-corrected chi connectivity index (χ1v) is 6.41. The summed E-state index contributed by atoms with van der Waals surface area (Å²) in [5, 5.41) is 6.56. The third kappa shape index (κ3) is 5.82. The summed E-state index contributed by atoms with van der Waals surface area (Å²) in [6, 6.07) is 2.28. The summed E-state index contributed by atoms with van der Waals surface area (Å²) in [6.45, 7) is 10.9. The summed E-state index contributed by atoms with van der Waals surface area (Å²) in [7, 11) is 0.